The molecule has 5 aromatic rings. The number of halogens is 1. The lowest BCUT2D eigenvalue weighted by molar-refractivity contribution is -0.510. The molecule has 2 aromatic carbocycles. The molecule has 3 heterocycles. The van der Waals surface area contributed by atoms with Crippen molar-refractivity contribution in [2.75, 3.05) is 7.11 Å². The summed E-state index contributed by atoms with van der Waals surface area (Å²) in [5.74, 6) is 0.865. The van der Waals surface area contributed by atoms with Gasteiger partial charge in [0.1, 0.15) is 23.2 Å². The predicted molar refractivity (Wildman–Crippen MR) is 99.5 cm³/mol. The van der Waals surface area contributed by atoms with E-state index in [1.807, 2.05) is 12.1 Å². The van der Waals surface area contributed by atoms with E-state index in [0.29, 0.717) is 0 Å². The Morgan fingerprint density at radius 3 is 2.46 bits per heavy atom. The first-order valence-electron chi connectivity index (χ1n) is 8.30. The Labute approximate surface area is 157 Å². The molecule has 0 aliphatic rings. The molecule has 5 rings (SSSR count). The molecule has 0 unspecified atom stereocenters. The summed E-state index contributed by atoms with van der Waals surface area (Å²) in [4.78, 5) is 0. The number of aryl methyl sites for hydroxylation is 1. The van der Waals surface area contributed by atoms with Crippen LogP contribution >= 0.6 is 0 Å². The molecule has 130 valence electrons. The fourth-order valence-corrected chi connectivity index (χ4v) is 3.68. The highest BCUT2D eigenvalue weighted by molar-refractivity contribution is 6.11. The van der Waals surface area contributed by atoms with Gasteiger partial charge in [0.15, 0.2) is 5.52 Å². The fourth-order valence-electron chi connectivity index (χ4n) is 3.68. The molecule has 0 saturated heterocycles. The average Bonchev–Trinajstić information content (AvgIpc) is 3.22. The normalized spacial score (nSPS) is 11.2. The lowest BCUT2D eigenvalue weighted by Gasteiger charge is -1.99. The van der Waals surface area contributed by atoms with Crippen LogP contribution in [0.4, 0.5) is 0 Å². The van der Waals surface area contributed by atoms with Crippen molar-refractivity contribution < 1.29 is 21.5 Å². The number of hydrogen-bond donors (Lipinski definition) is 0. The number of rotatable bonds is 2. The van der Waals surface area contributed by atoms with Crippen molar-refractivity contribution in [2.24, 2.45) is 7.05 Å². The largest absolute Gasteiger partial charge is 1.00 e. The van der Waals surface area contributed by atoms with E-state index < -0.39 is 0 Å². The molecule has 0 atom stereocenters. The second kappa shape index (κ2) is 6.07. The molecule has 3 aromatic heterocycles. The molecule has 0 saturated carbocycles. The summed E-state index contributed by atoms with van der Waals surface area (Å²) in [6, 6.07) is 18.8. The Hall–Kier alpha value is -2.98. The standard InChI is InChI=1S/C21H18N3O.ClH/c1-22-19-6-4-3-5-17(19)18-11-12-23-14-24(13-20(23)21(18)22)15-7-9-16(25-2)10-8-15;/h3-14H,1-2H3;1H/q+1;/p-1. The first kappa shape index (κ1) is 16.5. The SMILES string of the molecule is COc1ccc(-n2cc3c4c(cc[n+]3c2)c2ccccc2n4C)cc1.[Cl-]. The van der Waals surface area contributed by atoms with Gasteiger partial charge < -0.3 is 21.7 Å². The summed E-state index contributed by atoms with van der Waals surface area (Å²) in [6.07, 6.45) is 6.42. The van der Waals surface area contributed by atoms with E-state index in [2.05, 4.69) is 81.8 Å². The average molecular weight is 364 g/mol. The summed E-state index contributed by atoms with van der Waals surface area (Å²) in [5.41, 5.74) is 4.79. The van der Waals surface area contributed by atoms with Crippen LogP contribution in [0.2, 0.25) is 0 Å². The van der Waals surface area contributed by atoms with Crippen LogP contribution in [-0.2, 0) is 7.05 Å². The lowest BCUT2D eigenvalue weighted by Crippen LogP contribution is -3.00. The van der Waals surface area contributed by atoms with Gasteiger partial charge in [-0.25, -0.2) is 8.97 Å². The number of hydrogen-bond acceptors (Lipinski definition) is 1. The van der Waals surface area contributed by atoms with Crippen molar-refractivity contribution in [2.45, 2.75) is 0 Å². The van der Waals surface area contributed by atoms with Crippen LogP contribution in [0, 0.1) is 0 Å². The van der Waals surface area contributed by atoms with Gasteiger partial charge >= 0.3 is 0 Å². The highest BCUT2D eigenvalue weighted by Crippen LogP contribution is 2.29. The van der Waals surface area contributed by atoms with Crippen molar-refractivity contribution in [3.63, 3.8) is 0 Å². The van der Waals surface area contributed by atoms with Gasteiger partial charge in [0.2, 0.25) is 0 Å². The second-order valence-corrected chi connectivity index (χ2v) is 6.30. The van der Waals surface area contributed by atoms with E-state index >= 15 is 0 Å². The van der Waals surface area contributed by atoms with E-state index in [-0.39, 0.29) is 12.4 Å². The molecule has 0 bridgehead atoms. The van der Waals surface area contributed by atoms with Crippen LogP contribution in [0.3, 0.4) is 0 Å². The third-order valence-corrected chi connectivity index (χ3v) is 4.95. The van der Waals surface area contributed by atoms with Crippen LogP contribution in [0.5, 0.6) is 5.75 Å². The number of para-hydroxylation sites is 1. The molecule has 0 amide bonds. The first-order chi connectivity index (χ1) is 12.3. The minimum absolute atomic E-state index is 0. The van der Waals surface area contributed by atoms with Gasteiger partial charge in [-0.3, -0.25) is 0 Å². The van der Waals surface area contributed by atoms with Gasteiger partial charge in [-0.15, -0.1) is 0 Å². The van der Waals surface area contributed by atoms with Gasteiger partial charge in [-0.2, -0.15) is 0 Å². The Morgan fingerprint density at radius 1 is 0.923 bits per heavy atom. The first-order valence-corrected chi connectivity index (χ1v) is 8.30. The van der Waals surface area contributed by atoms with Crippen LogP contribution in [-0.4, -0.2) is 16.2 Å². The van der Waals surface area contributed by atoms with Crippen molar-refractivity contribution >= 4 is 27.3 Å². The monoisotopic (exact) mass is 363 g/mol. The molecular weight excluding hydrogens is 346 g/mol. The van der Waals surface area contributed by atoms with E-state index in [1.165, 1.54) is 27.3 Å². The van der Waals surface area contributed by atoms with Gasteiger partial charge in [-0.1, -0.05) is 18.2 Å². The smallest absolute Gasteiger partial charge is 0.254 e. The fraction of sp³-hybridized carbons (Fsp3) is 0.0952. The summed E-state index contributed by atoms with van der Waals surface area (Å²) in [6.45, 7) is 0. The summed E-state index contributed by atoms with van der Waals surface area (Å²) >= 11 is 0. The van der Waals surface area contributed by atoms with Crippen LogP contribution in [0.15, 0.2) is 73.3 Å². The number of imidazole rings is 1. The van der Waals surface area contributed by atoms with Crippen molar-refractivity contribution in [1.82, 2.24) is 9.13 Å². The minimum Gasteiger partial charge on any atom is -1.00 e. The van der Waals surface area contributed by atoms with Crippen molar-refractivity contribution in [1.29, 1.82) is 0 Å². The Morgan fingerprint density at radius 2 is 1.69 bits per heavy atom. The summed E-state index contributed by atoms with van der Waals surface area (Å²) in [7, 11) is 3.82. The molecular formula is C21H18ClN3O. The van der Waals surface area contributed by atoms with Gasteiger partial charge in [0.05, 0.1) is 13.3 Å². The highest BCUT2D eigenvalue weighted by Gasteiger charge is 2.17. The van der Waals surface area contributed by atoms with E-state index in [4.69, 9.17) is 4.74 Å². The number of pyridine rings is 1. The maximum atomic E-state index is 5.25. The minimum atomic E-state index is 0. The molecule has 4 nitrogen and oxygen atoms in total. The Bertz CT molecular complexity index is 1240. The van der Waals surface area contributed by atoms with Crippen molar-refractivity contribution in [3.05, 3.63) is 73.3 Å². The van der Waals surface area contributed by atoms with Crippen LogP contribution in [0.1, 0.15) is 0 Å². The van der Waals surface area contributed by atoms with Crippen LogP contribution < -0.4 is 21.5 Å². The number of fused-ring (bicyclic) bond motifs is 5. The highest BCUT2D eigenvalue weighted by atomic mass is 35.5. The molecule has 0 fully saturated rings. The predicted octanol–water partition coefficient (Wildman–Crippen LogP) is 0.873. The molecule has 5 heteroatoms. The van der Waals surface area contributed by atoms with E-state index in [1.54, 1.807) is 7.11 Å². The maximum absolute atomic E-state index is 5.25. The van der Waals surface area contributed by atoms with Gasteiger partial charge in [-0.05, 0) is 36.4 Å². The zero-order chi connectivity index (χ0) is 17.0. The maximum Gasteiger partial charge on any atom is 0.254 e. The van der Waals surface area contributed by atoms with Gasteiger partial charge in [0, 0.05) is 23.3 Å². The molecule has 0 radical (unpaired) electrons. The summed E-state index contributed by atoms with van der Waals surface area (Å²) in [5, 5.41) is 2.57. The molecule has 0 N–H and O–H groups in total. The van der Waals surface area contributed by atoms with Crippen LogP contribution in [0.25, 0.3) is 33.0 Å². The third-order valence-electron chi connectivity index (χ3n) is 4.95. The number of ether oxygens (including phenoxy) is 1. The molecule has 0 spiro atoms. The topological polar surface area (TPSA) is 23.2 Å². The number of aromatic nitrogens is 3. The van der Waals surface area contributed by atoms with E-state index in [0.717, 1.165) is 11.4 Å². The zero-order valence-corrected chi connectivity index (χ0v) is 15.3. The quantitative estimate of drug-likeness (QED) is 0.427. The second-order valence-electron chi connectivity index (χ2n) is 6.30. The lowest BCUT2D eigenvalue weighted by atomic mass is 10.2. The number of methoxy groups -OCH3 is 1. The summed E-state index contributed by atoms with van der Waals surface area (Å²) < 4.78 is 11.8. The Kier molecular flexibility index (Phi) is 3.85. The molecule has 26 heavy (non-hydrogen) atoms. The van der Waals surface area contributed by atoms with E-state index in [9.17, 15) is 0 Å². The van der Waals surface area contributed by atoms with Crippen molar-refractivity contribution in [3.8, 4) is 11.4 Å². The molecule has 0 aliphatic heterocycles. The zero-order valence-electron chi connectivity index (χ0n) is 14.6. The number of nitrogens with zero attached hydrogens (tertiary/aromatic N) is 3. The third kappa shape index (κ3) is 2.26. The number of benzene rings is 2. The van der Waals surface area contributed by atoms with Gasteiger partial charge in [0.25, 0.3) is 6.33 Å². The Balaban J connectivity index is 0.00000168. The molecule has 0 aliphatic carbocycles.